The van der Waals surface area contributed by atoms with Crippen LogP contribution in [0.1, 0.15) is 42.5 Å². The molecule has 1 fully saturated rings. The molecule has 0 aliphatic carbocycles. The number of benzene rings is 2. The highest BCUT2D eigenvalue weighted by Gasteiger charge is 2.46. The molecule has 2 aromatic carbocycles. The van der Waals surface area contributed by atoms with Crippen molar-refractivity contribution in [3.05, 3.63) is 69.5 Å². The molecule has 1 aliphatic rings. The number of nitrogens with zero attached hydrogens (tertiary/aromatic N) is 1. The van der Waals surface area contributed by atoms with E-state index in [-0.39, 0.29) is 27.7 Å². The highest BCUT2D eigenvalue weighted by atomic mass is 35.5. The average Bonchev–Trinajstić information content (AvgIpc) is 2.96. The van der Waals surface area contributed by atoms with E-state index in [1.54, 1.807) is 19.1 Å². The van der Waals surface area contributed by atoms with Crippen LogP contribution in [-0.4, -0.2) is 35.4 Å². The van der Waals surface area contributed by atoms with Crippen molar-refractivity contribution in [2.24, 2.45) is 0 Å². The van der Waals surface area contributed by atoms with E-state index in [0.717, 1.165) is 12.0 Å². The van der Waals surface area contributed by atoms with Crippen LogP contribution in [0.25, 0.3) is 5.76 Å². The predicted molar refractivity (Wildman–Crippen MR) is 113 cm³/mol. The topological polar surface area (TPSA) is 66.8 Å². The number of aryl methyl sites for hydroxylation is 1. The van der Waals surface area contributed by atoms with E-state index in [9.17, 15) is 19.1 Å². The summed E-state index contributed by atoms with van der Waals surface area (Å²) in [7, 11) is 1.41. The number of amides is 1. The van der Waals surface area contributed by atoms with E-state index >= 15 is 0 Å². The molecule has 0 saturated carbocycles. The van der Waals surface area contributed by atoms with E-state index < -0.39 is 23.5 Å². The summed E-state index contributed by atoms with van der Waals surface area (Å²) in [6, 6.07) is 8.03. The van der Waals surface area contributed by atoms with Crippen LogP contribution < -0.4 is 4.74 Å². The van der Waals surface area contributed by atoms with Crippen LogP contribution in [0.2, 0.25) is 5.02 Å². The average molecular weight is 432 g/mol. The van der Waals surface area contributed by atoms with Gasteiger partial charge in [-0.15, -0.1) is 0 Å². The minimum Gasteiger partial charge on any atom is -0.507 e. The molecule has 3 rings (SSSR count). The largest absolute Gasteiger partial charge is 0.507 e. The Kier molecular flexibility index (Phi) is 6.46. The Morgan fingerprint density at radius 1 is 1.23 bits per heavy atom. The lowest BCUT2D eigenvalue weighted by Crippen LogP contribution is -2.30. The molecule has 1 saturated heterocycles. The zero-order chi connectivity index (χ0) is 22.0. The number of rotatable bonds is 6. The molecule has 0 aromatic heterocycles. The van der Waals surface area contributed by atoms with Crippen LogP contribution in [0.5, 0.6) is 5.75 Å². The van der Waals surface area contributed by atoms with Gasteiger partial charge in [-0.1, -0.05) is 37.1 Å². The number of methoxy groups -OCH3 is 1. The van der Waals surface area contributed by atoms with Gasteiger partial charge in [-0.3, -0.25) is 9.59 Å². The minimum absolute atomic E-state index is 0.0670. The van der Waals surface area contributed by atoms with Crippen molar-refractivity contribution in [3.63, 3.8) is 0 Å². The quantitative estimate of drug-likeness (QED) is 0.396. The molecule has 1 N–H and O–H groups in total. The number of carbonyl (C=O) groups excluding carboxylic acids is 2. The van der Waals surface area contributed by atoms with Crippen LogP contribution in [0.3, 0.4) is 0 Å². The van der Waals surface area contributed by atoms with E-state index in [4.69, 9.17) is 16.3 Å². The van der Waals surface area contributed by atoms with E-state index in [0.29, 0.717) is 18.5 Å². The van der Waals surface area contributed by atoms with Crippen LogP contribution >= 0.6 is 11.6 Å². The molecule has 158 valence electrons. The Hall–Kier alpha value is -2.86. The van der Waals surface area contributed by atoms with Gasteiger partial charge in [0.05, 0.1) is 29.3 Å². The lowest BCUT2D eigenvalue weighted by Gasteiger charge is -2.25. The van der Waals surface area contributed by atoms with Crippen LogP contribution in [0, 0.1) is 12.7 Å². The second-order valence-corrected chi connectivity index (χ2v) is 7.63. The molecule has 1 unspecified atom stereocenters. The number of ether oxygens (including phenoxy) is 1. The summed E-state index contributed by atoms with van der Waals surface area (Å²) in [5, 5.41) is 11.4. The smallest absolute Gasteiger partial charge is 0.295 e. The number of hydrogen-bond acceptors (Lipinski definition) is 4. The predicted octanol–water partition coefficient (Wildman–Crippen LogP) is 5.02. The van der Waals surface area contributed by atoms with Crippen molar-refractivity contribution in [2.45, 2.75) is 32.7 Å². The van der Waals surface area contributed by atoms with E-state index in [1.165, 1.54) is 36.3 Å². The molecule has 0 radical (unpaired) electrons. The van der Waals surface area contributed by atoms with Gasteiger partial charge < -0.3 is 14.7 Å². The highest BCUT2D eigenvalue weighted by molar-refractivity contribution is 6.46. The standard InChI is InChI=1S/C23H23ClFNO4/c1-4-5-10-26-19(14-6-8-15(25)9-7-14)18(21(28)23(26)29)20(27)16-11-13(2)12-17(24)22(16)30-3/h6-9,11-12,19,27H,4-5,10H2,1-3H3/b20-18+. The van der Waals surface area contributed by atoms with Gasteiger partial charge in [-0.25, -0.2) is 4.39 Å². The highest BCUT2D eigenvalue weighted by Crippen LogP contribution is 2.42. The van der Waals surface area contributed by atoms with Crippen LogP contribution in [-0.2, 0) is 9.59 Å². The summed E-state index contributed by atoms with van der Waals surface area (Å²) in [4.78, 5) is 27.2. The molecular weight excluding hydrogens is 409 g/mol. The maximum Gasteiger partial charge on any atom is 0.295 e. The zero-order valence-electron chi connectivity index (χ0n) is 17.0. The van der Waals surface area contributed by atoms with Gasteiger partial charge >= 0.3 is 0 Å². The fourth-order valence-electron chi connectivity index (χ4n) is 3.69. The number of halogens is 2. The number of aliphatic hydroxyl groups is 1. The normalized spacial score (nSPS) is 18.2. The van der Waals surface area contributed by atoms with Crippen LogP contribution in [0.4, 0.5) is 4.39 Å². The molecule has 0 bridgehead atoms. The number of ketones is 1. The van der Waals surface area contributed by atoms with Gasteiger partial charge in [-0.05, 0) is 48.7 Å². The summed E-state index contributed by atoms with van der Waals surface area (Å²) in [6.07, 6.45) is 1.50. The Morgan fingerprint density at radius 3 is 2.50 bits per heavy atom. The van der Waals surface area contributed by atoms with Gasteiger partial charge in [-0.2, -0.15) is 0 Å². The van der Waals surface area contributed by atoms with Gasteiger partial charge in [0.15, 0.2) is 0 Å². The molecule has 1 aliphatic heterocycles. The number of aliphatic hydroxyl groups excluding tert-OH is 1. The van der Waals surface area contributed by atoms with E-state index in [2.05, 4.69) is 0 Å². The van der Waals surface area contributed by atoms with Crippen molar-refractivity contribution in [2.75, 3.05) is 13.7 Å². The molecule has 1 heterocycles. The molecule has 30 heavy (non-hydrogen) atoms. The number of Topliss-reactive ketones (excluding diaryl/α,β-unsaturated/α-hetero) is 1. The Balaban J connectivity index is 2.25. The van der Waals surface area contributed by atoms with Gasteiger partial charge in [0.25, 0.3) is 11.7 Å². The third-order valence-corrected chi connectivity index (χ3v) is 5.41. The third-order valence-electron chi connectivity index (χ3n) is 5.13. The lowest BCUT2D eigenvalue weighted by atomic mass is 9.94. The van der Waals surface area contributed by atoms with Gasteiger partial charge in [0.1, 0.15) is 17.3 Å². The lowest BCUT2D eigenvalue weighted by molar-refractivity contribution is -0.139. The van der Waals surface area contributed by atoms with Gasteiger partial charge in [0, 0.05) is 6.54 Å². The van der Waals surface area contributed by atoms with Crippen molar-refractivity contribution in [1.29, 1.82) is 0 Å². The molecule has 0 spiro atoms. The molecule has 7 heteroatoms. The summed E-state index contributed by atoms with van der Waals surface area (Å²) in [6.45, 7) is 4.11. The Labute approximate surface area is 179 Å². The third kappa shape index (κ3) is 3.92. The summed E-state index contributed by atoms with van der Waals surface area (Å²) < 4.78 is 18.8. The SMILES string of the molecule is CCCCN1C(=O)C(=O)/C(=C(/O)c2cc(C)cc(Cl)c2OC)C1c1ccc(F)cc1. The summed E-state index contributed by atoms with van der Waals surface area (Å²) in [5.41, 5.74) is 1.44. The van der Waals surface area contributed by atoms with Crippen molar-refractivity contribution < 1.29 is 23.8 Å². The minimum atomic E-state index is -0.832. The first-order valence-electron chi connectivity index (χ1n) is 9.68. The summed E-state index contributed by atoms with van der Waals surface area (Å²) in [5.74, 6) is -2.09. The first-order valence-corrected chi connectivity index (χ1v) is 10.1. The van der Waals surface area contributed by atoms with Crippen LogP contribution in [0.15, 0.2) is 42.0 Å². The maximum absolute atomic E-state index is 13.5. The molecule has 2 aromatic rings. The first kappa shape index (κ1) is 21.8. The number of likely N-dealkylation sites (tertiary alicyclic amines) is 1. The maximum atomic E-state index is 13.5. The number of hydrogen-bond donors (Lipinski definition) is 1. The monoisotopic (exact) mass is 431 g/mol. The number of unbranched alkanes of at least 4 members (excludes halogenated alkanes) is 1. The van der Waals surface area contributed by atoms with Crippen molar-refractivity contribution >= 4 is 29.1 Å². The molecule has 5 nitrogen and oxygen atoms in total. The molecular formula is C23H23ClFNO4. The fraction of sp³-hybridized carbons (Fsp3) is 0.304. The van der Waals surface area contributed by atoms with E-state index in [1.807, 2.05) is 6.92 Å². The van der Waals surface area contributed by atoms with Gasteiger partial charge in [0.2, 0.25) is 0 Å². The molecule has 1 atom stereocenters. The summed E-state index contributed by atoms with van der Waals surface area (Å²) >= 11 is 6.26. The Morgan fingerprint density at radius 2 is 1.90 bits per heavy atom. The van der Waals surface area contributed by atoms with Crippen molar-refractivity contribution in [1.82, 2.24) is 4.90 Å². The second kappa shape index (κ2) is 8.88. The Bertz CT molecular complexity index is 1020. The fourth-order valence-corrected chi connectivity index (χ4v) is 4.04. The zero-order valence-corrected chi connectivity index (χ0v) is 17.8. The number of carbonyl (C=O) groups is 2. The first-order chi connectivity index (χ1) is 14.3. The second-order valence-electron chi connectivity index (χ2n) is 7.23. The molecule has 1 amide bonds. The van der Waals surface area contributed by atoms with Crippen molar-refractivity contribution in [3.8, 4) is 5.75 Å².